The molecular weight excluding hydrogens is 416 g/mol. The van der Waals surface area contributed by atoms with Crippen LogP contribution in [-0.4, -0.2) is 55.7 Å². The summed E-state index contributed by atoms with van der Waals surface area (Å²) < 4.78 is 32.4. The topological polar surface area (TPSA) is 84.0 Å². The molecule has 0 aromatic heterocycles. The van der Waals surface area contributed by atoms with Gasteiger partial charge in [0.05, 0.1) is 10.5 Å². The summed E-state index contributed by atoms with van der Waals surface area (Å²) in [5.41, 5.74) is 0.883. The van der Waals surface area contributed by atoms with Crippen LogP contribution in [0.3, 0.4) is 0 Å². The fourth-order valence-corrected chi connectivity index (χ4v) is 4.72. The van der Waals surface area contributed by atoms with E-state index in [0.29, 0.717) is 18.1 Å². The standard InChI is InChI=1S/C20H21ClN2O5S/c1-15(24)22-8-10-23(11-9-22)29(26,27)19-7-3-5-17(13-19)20(25)28-14-16-4-2-6-18(21)12-16/h2-7,12-13H,8-11,14H2,1H3. The van der Waals surface area contributed by atoms with Crippen molar-refractivity contribution in [3.63, 3.8) is 0 Å². The highest BCUT2D eigenvalue weighted by Gasteiger charge is 2.29. The number of hydrogen-bond donors (Lipinski definition) is 0. The van der Waals surface area contributed by atoms with Crippen molar-refractivity contribution in [2.24, 2.45) is 0 Å². The minimum atomic E-state index is -3.77. The fourth-order valence-electron chi connectivity index (χ4n) is 3.03. The van der Waals surface area contributed by atoms with E-state index in [-0.39, 0.29) is 36.1 Å². The van der Waals surface area contributed by atoms with Crippen molar-refractivity contribution >= 4 is 33.5 Å². The smallest absolute Gasteiger partial charge is 0.338 e. The second-order valence-electron chi connectivity index (χ2n) is 6.64. The molecule has 0 unspecified atom stereocenters. The first-order valence-electron chi connectivity index (χ1n) is 9.04. The number of piperazine rings is 1. The summed E-state index contributed by atoms with van der Waals surface area (Å²) in [7, 11) is -3.77. The van der Waals surface area contributed by atoms with Gasteiger partial charge in [0.1, 0.15) is 6.61 Å². The lowest BCUT2D eigenvalue weighted by molar-refractivity contribution is -0.129. The first-order chi connectivity index (χ1) is 13.8. The quantitative estimate of drug-likeness (QED) is 0.672. The average Bonchev–Trinajstić information content (AvgIpc) is 2.72. The van der Waals surface area contributed by atoms with E-state index < -0.39 is 16.0 Å². The van der Waals surface area contributed by atoms with E-state index in [9.17, 15) is 18.0 Å². The van der Waals surface area contributed by atoms with Crippen LogP contribution < -0.4 is 0 Å². The Morgan fingerprint density at radius 3 is 2.38 bits per heavy atom. The van der Waals surface area contributed by atoms with Gasteiger partial charge in [-0.15, -0.1) is 0 Å². The molecule has 0 atom stereocenters. The first-order valence-corrected chi connectivity index (χ1v) is 10.9. The highest BCUT2D eigenvalue weighted by atomic mass is 35.5. The Morgan fingerprint density at radius 1 is 1.03 bits per heavy atom. The summed E-state index contributed by atoms with van der Waals surface area (Å²) in [6.45, 7) is 2.61. The van der Waals surface area contributed by atoms with E-state index >= 15 is 0 Å². The van der Waals surface area contributed by atoms with Crippen LogP contribution in [0.15, 0.2) is 53.4 Å². The summed E-state index contributed by atoms with van der Waals surface area (Å²) in [4.78, 5) is 25.4. The van der Waals surface area contributed by atoms with Crippen molar-refractivity contribution in [1.82, 2.24) is 9.21 Å². The van der Waals surface area contributed by atoms with Gasteiger partial charge in [0.2, 0.25) is 15.9 Å². The van der Waals surface area contributed by atoms with Crippen LogP contribution in [0.25, 0.3) is 0 Å². The molecule has 0 bridgehead atoms. The number of carbonyl (C=O) groups is 2. The van der Waals surface area contributed by atoms with E-state index in [1.165, 1.54) is 35.5 Å². The number of nitrogens with zero attached hydrogens (tertiary/aromatic N) is 2. The molecule has 29 heavy (non-hydrogen) atoms. The van der Waals surface area contributed by atoms with E-state index in [1.807, 2.05) is 0 Å². The van der Waals surface area contributed by atoms with Gasteiger partial charge >= 0.3 is 5.97 Å². The maximum Gasteiger partial charge on any atom is 0.338 e. The van der Waals surface area contributed by atoms with Crippen molar-refractivity contribution in [2.75, 3.05) is 26.2 Å². The van der Waals surface area contributed by atoms with Crippen molar-refractivity contribution in [1.29, 1.82) is 0 Å². The number of amides is 1. The molecule has 3 rings (SSSR count). The van der Waals surface area contributed by atoms with Crippen LogP contribution in [0.5, 0.6) is 0 Å². The molecule has 0 saturated carbocycles. The number of benzene rings is 2. The van der Waals surface area contributed by atoms with Crippen molar-refractivity contribution in [2.45, 2.75) is 18.4 Å². The molecule has 1 amide bonds. The zero-order chi connectivity index (χ0) is 21.0. The third-order valence-electron chi connectivity index (χ3n) is 4.65. The third-order valence-corrected chi connectivity index (χ3v) is 6.78. The Balaban J connectivity index is 1.69. The lowest BCUT2D eigenvalue weighted by atomic mass is 10.2. The zero-order valence-corrected chi connectivity index (χ0v) is 17.4. The number of rotatable bonds is 5. The minimum absolute atomic E-state index is 0.0194. The minimum Gasteiger partial charge on any atom is -0.457 e. The summed E-state index contributed by atoms with van der Waals surface area (Å²) in [6, 6.07) is 12.7. The maximum atomic E-state index is 12.9. The molecule has 2 aromatic carbocycles. The van der Waals surface area contributed by atoms with Gasteiger partial charge in [-0.2, -0.15) is 4.31 Å². The second-order valence-corrected chi connectivity index (χ2v) is 9.02. The van der Waals surface area contributed by atoms with Crippen LogP contribution in [-0.2, 0) is 26.2 Å². The van der Waals surface area contributed by atoms with E-state index in [4.69, 9.17) is 16.3 Å². The largest absolute Gasteiger partial charge is 0.457 e. The second kappa shape index (κ2) is 8.94. The molecule has 1 aliphatic rings. The molecular formula is C20H21ClN2O5S. The van der Waals surface area contributed by atoms with Crippen LogP contribution in [0.4, 0.5) is 0 Å². The van der Waals surface area contributed by atoms with Gasteiger partial charge in [-0.25, -0.2) is 13.2 Å². The predicted octanol–water partition coefficient (Wildman–Crippen LogP) is 2.55. The van der Waals surface area contributed by atoms with Gasteiger partial charge in [-0.05, 0) is 35.9 Å². The highest BCUT2D eigenvalue weighted by molar-refractivity contribution is 7.89. The molecule has 0 aliphatic carbocycles. The maximum absolute atomic E-state index is 12.9. The molecule has 9 heteroatoms. The number of esters is 1. The number of sulfonamides is 1. The summed E-state index contributed by atoms with van der Waals surface area (Å²) in [5.74, 6) is -0.699. The van der Waals surface area contributed by atoms with Gasteiger partial charge < -0.3 is 9.64 Å². The van der Waals surface area contributed by atoms with Crippen LogP contribution in [0.1, 0.15) is 22.8 Å². The van der Waals surface area contributed by atoms with Gasteiger partial charge in [-0.3, -0.25) is 4.79 Å². The van der Waals surface area contributed by atoms with E-state index in [2.05, 4.69) is 0 Å². The number of hydrogen-bond acceptors (Lipinski definition) is 5. The molecule has 0 radical (unpaired) electrons. The number of ether oxygens (including phenoxy) is 1. The Hall–Kier alpha value is -2.42. The molecule has 2 aromatic rings. The Morgan fingerprint density at radius 2 is 1.72 bits per heavy atom. The molecule has 1 saturated heterocycles. The fraction of sp³-hybridized carbons (Fsp3) is 0.300. The van der Waals surface area contributed by atoms with Crippen molar-refractivity contribution in [3.05, 3.63) is 64.7 Å². The van der Waals surface area contributed by atoms with Crippen molar-refractivity contribution in [3.8, 4) is 0 Å². The van der Waals surface area contributed by atoms with Gasteiger partial charge in [0.25, 0.3) is 0 Å². The molecule has 154 valence electrons. The Bertz CT molecular complexity index is 1020. The number of halogens is 1. The SMILES string of the molecule is CC(=O)N1CCN(S(=O)(=O)c2cccc(C(=O)OCc3cccc(Cl)c3)c2)CC1. The van der Waals surface area contributed by atoms with Crippen LogP contribution in [0, 0.1) is 0 Å². The normalized spacial score (nSPS) is 15.2. The summed E-state index contributed by atoms with van der Waals surface area (Å²) >= 11 is 5.91. The van der Waals surface area contributed by atoms with Crippen molar-refractivity contribution < 1.29 is 22.7 Å². The monoisotopic (exact) mass is 436 g/mol. The molecule has 0 spiro atoms. The molecule has 0 N–H and O–H groups in total. The van der Waals surface area contributed by atoms with E-state index in [1.54, 1.807) is 29.2 Å². The molecule has 1 heterocycles. The molecule has 1 aliphatic heterocycles. The zero-order valence-electron chi connectivity index (χ0n) is 15.9. The molecule has 7 nitrogen and oxygen atoms in total. The van der Waals surface area contributed by atoms with Gasteiger partial charge in [0, 0.05) is 38.1 Å². The first kappa shape index (κ1) is 21.3. The third kappa shape index (κ3) is 5.14. The predicted molar refractivity (Wildman–Crippen MR) is 108 cm³/mol. The Kier molecular flexibility index (Phi) is 6.56. The number of carbonyl (C=O) groups excluding carboxylic acids is 2. The average molecular weight is 437 g/mol. The summed E-state index contributed by atoms with van der Waals surface area (Å²) in [5, 5.41) is 0.538. The summed E-state index contributed by atoms with van der Waals surface area (Å²) in [6.07, 6.45) is 0. The Labute approximate surface area is 174 Å². The van der Waals surface area contributed by atoms with Gasteiger partial charge in [-0.1, -0.05) is 29.8 Å². The highest BCUT2D eigenvalue weighted by Crippen LogP contribution is 2.20. The van der Waals surface area contributed by atoms with Crippen LogP contribution in [0.2, 0.25) is 5.02 Å². The van der Waals surface area contributed by atoms with Crippen LogP contribution >= 0.6 is 11.6 Å². The molecule has 1 fully saturated rings. The van der Waals surface area contributed by atoms with E-state index in [0.717, 1.165) is 5.56 Å². The van der Waals surface area contributed by atoms with Gasteiger partial charge in [0.15, 0.2) is 0 Å². The lowest BCUT2D eigenvalue weighted by Crippen LogP contribution is -2.49. The lowest BCUT2D eigenvalue weighted by Gasteiger charge is -2.33.